The molecule has 0 atom stereocenters. The van der Waals surface area contributed by atoms with E-state index in [2.05, 4.69) is 5.32 Å². The maximum Gasteiger partial charge on any atom is 0.251 e. The number of benzene rings is 1. The predicted octanol–water partition coefficient (Wildman–Crippen LogP) is 2.45. The zero-order chi connectivity index (χ0) is 18.6. The third-order valence-corrected chi connectivity index (χ3v) is 6.95. The Morgan fingerprint density at radius 1 is 1.19 bits per heavy atom. The SMILES string of the molecule is CCN(CC)S(=O)(=O)c1ccc(C)c(C(=O)NC2CCC(N)CC2)c1.Cl. The Labute approximate surface area is 163 Å². The molecule has 6 nitrogen and oxygen atoms in total. The second-order valence-corrected chi connectivity index (χ2v) is 8.59. The summed E-state index contributed by atoms with van der Waals surface area (Å²) < 4.78 is 26.8. The fourth-order valence-corrected chi connectivity index (χ4v) is 4.73. The number of hydrogen-bond acceptors (Lipinski definition) is 4. The zero-order valence-electron chi connectivity index (χ0n) is 15.7. The average Bonchev–Trinajstić information content (AvgIpc) is 2.58. The number of carbonyl (C=O) groups excluding carboxylic acids is 1. The number of nitrogens with one attached hydrogen (secondary N) is 1. The standard InChI is InChI=1S/C18H29N3O3S.ClH/c1-4-21(5-2)25(23,24)16-11-6-13(3)17(12-16)18(22)20-15-9-7-14(19)8-10-15;/h6,11-12,14-15H,4-5,7-10,19H2,1-3H3,(H,20,22);1H. The fourth-order valence-electron chi connectivity index (χ4n) is 3.25. The first-order chi connectivity index (χ1) is 11.8. The van der Waals surface area contributed by atoms with E-state index in [0.717, 1.165) is 31.2 Å². The molecule has 1 fully saturated rings. The van der Waals surface area contributed by atoms with Gasteiger partial charge in [0, 0.05) is 30.7 Å². The van der Waals surface area contributed by atoms with Crippen molar-refractivity contribution in [2.45, 2.75) is 63.4 Å². The number of sulfonamides is 1. The Morgan fingerprint density at radius 2 is 1.77 bits per heavy atom. The smallest absolute Gasteiger partial charge is 0.251 e. The number of hydrogen-bond donors (Lipinski definition) is 2. The van der Waals surface area contributed by atoms with Gasteiger partial charge in [0.1, 0.15) is 0 Å². The summed E-state index contributed by atoms with van der Waals surface area (Å²) >= 11 is 0. The van der Waals surface area contributed by atoms with E-state index in [-0.39, 0.29) is 35.3 Å². The maximum absolute atomic E-state index is 12.7. The fraction of sp³-hybridized carbons (Fsp3) is 0.611. The van der Waals surface area contributed by atoms with Crippen molar-refractivity contribution in [3.05, 3.63) is 29.3 Å². The van der Waals surface area contributed by atoms with Gasteiger partial charge in [-0.3, -0.25) is 4.79 Å². The Balaban J connectivity index is 0.00000338. The van der Waals surface area contributed by atoms with Gasteiger partial charge in [0.25, 0.3) is 5.91 Å². The van der Waals surface area contributed by atoms with E-state index in [4.69, 9.17) is 5.73 Å². The van der Waals surface area contributed by atoms with E-state index >= 15 is 0 Å². The van der Waals surface area contributed by atoms with Crippen LogP contribution in [0.1, 0.15) is 55.5 Å². The molecule has 3 N–H and O–H groups in total. The molecule has 1 aromatic rings. The summed E-state index contributed by atoms with van der Waals surface area (Å²) in [6.45, 7) is 6.22. The Hall–Kier alpha value is -1.15. The zero-order valence-corrected chi connectivity index (χ0v) is 17.3. The highest BCUT2D eigenvalue weighted by Gasteiger charge is 2.25. The quantitative estimate of drug-likeness (QED) is 0.762. The first-order valence-electron chi connectivity index (χ1n) is 8.96. The normalized spacial score (nSPS) is 20.5. The average molecular weight is 404 g/mol. The van der Waals surface area contributed by atoms with Gasteiger partial charge in [-0.05, 0) is 50.3 Å². The van der Waals surface area contributed by atoms with Crippen LogP contribution in [-0.4, -0.2) is 43.8 Å². The Morgan fingerprint density at radius 3 is 2.31 bits per heavy atom. The Kier molecular flexibility index (Phi) is 8.53. The van der Waals surface area contributed by atoms with Gasteiger partial charge < -0.3 is 11.1 Å². The molecule has 1 saturated carbocycles. The number of rotatable bonds is 6. The van der Waals surface area contributed by atoms with Crippen LogP contribution in [0.3, 0.4) is 0 Å². The largest absolute Gasteiger partial charge is 0.349 e. The number of amides is 1. The van der Waals surface area contributed by atoms with Crippen molar-refractivity contribution in [1.29, 1.82) is 0 Å². The predicted molar refractivity (Wildman–Crippen MR) is 106 cm³/mol. The van der Waals surface area contributed by atoms with Crippen LogP contribution in [0.5, 0.6) is 0 Å². The van der Waals surface area contributed by atoms with Crippen LogP contribution in [0.2, 0.25) is 0 Å². The molecule has 0 heterocycles. The molecule has 0 saturated heterocycles. The minimum absolute atomic E-state index is 0. The highest BCUT2D eigenvalue weighted by molar-refractivity contribution is 7.89. The highest BCUT2D eigenvalue weighted by Crippen LogP contribution is 2.21. The van der Waals surface area contributed by atoms with Crippen LogP contribution in [-0.2, 0) is 10.0 Å². The van der Waals surface area contributed by atoms with Crippen molar-refractivity contribution in [1.82, 2.24) is 9.62 Å². The van der Waals surface area contributed by atoms with Gasteiger partial charge >= 0.3 is 0 Å². The van der Waals surface area contributed by atoms with E-state index in [0.29, 0.717) is 18.7 Å². The van der Waals surface area contributed by atoms with E-state index in [1.165, 1.54) is 10.4 Å². The van der Waals surface area contributed by atoms with Crippen LogP contribution >= 0.6 is 12.4 Å². The molecule has 1 aliphatic carbocycles. The maximum atomic E-state index is 12.7. The molecule has 26 heavy (non-hydrogen) atoms. The molecule has 8 heteroatoms. The van der Waals surface area contributed by atoms with E-state index in [1.807, 2.05) is 6.92 Å². The summed E-state index contributed by atoms with van der Waals surface area (Å²) in [7, 11) is -3.58. The van der Waals surface area contributed by atoms with Crippen LogP contribution in [0.25, 0.3) is 0 Å². The second-order valence-electron chi connectivity index (χ2n) is 6.65. The molecule has 0 bridgehead atoms. The lowest BCUT2D eigenvalue weighted by Crippen LogP contribution is -2.40. The van der Waals surface area contributed by atoms with Crippen molar-refractivity contribution in [3.8, 4) is 0 Å². The molecule has 1 aliphatic rings. The molecule has 0 aromatic heterocycles. The highest BCUT2D eigenvalue weighted by atomic mass is 35.5. The number of carbonyl (C=O) groups is 1. The minimum Gasteiger partial charge on any atom is -0.349 e. The first-order valence-corrected chi connectivity index (χ1v) is 10.4. The minimum atomic E-state index is -3.58. The topological polar surface area (TPSA) is 92.5 Å². The Bertz CT molecular complexity index is 712. The number of halogens is 1. The summed E-state index contributed by atoms with van der Waals surface area (Å²) in [4.78, 5) is 12.8. The van der Waals surface area contributed by atoms with Crippen LogP contribution in [0, 0.1) is 6.92 Å². The van der Waals surface area contributed by atoms with E-state index in [9.17, 15) is 13.2 Å². The summed E-state index contributed by atoms with van der Waals surface area (Å²) in [5, 5.41) is 3.03. The van der Waals surface area contributed by atoms with Gasteiger partial charge in [0.2, 0.25) is 10.0 Å². The molecule has 0 spiro atoms. The second kappa shape index (κ2) is 9.69. The van der Waals surface area contributed by atoms with Gasteiger partial charge in [-0.2, -0.15) is 4.31 Å². The van der Waals surface area contributed by atoms with Gasteiger partial charge in [0.05, 0.1) is 4.90 Å². The monoisotopic (exact) mass is 403 g/mol. The molecular formula is C18H30ClN3O3S. The van der Waals surface area contributed by atoms with E-state index in [1.54, 1.807) is 26.0 Å². The van der Waals surface area contributed by atoms with Crippen molar-refractivity contribution in [2.75, 3.05) is 13.1 Å². The number of nitrogens with two attached hydrogens (primary N) is 1. The van der Waals surface area contributed by atoms with Crippen molar-refractivity contribution in [3.63, 3.8) is 0 Å². The summed E-state index contributed by atoms with van der Waals surface area (Å²) in [6, 6.07) is 5.08. The number of nitrogens with zero attached hydrogens (tertiary/aromatic N) is 1. The molecule has 0 aliphatic heterocycles. The molecule has 1 aromatic carbocycles. The van der Waals surface area contributed by atoms with Crippen LogP contribution in [0.4, 0.5) is 0 Å². The van der Waals surface area contributed by atoms with Crippen molar-refractivity contribution < 1.29 is 13.2 Å². The van der Waals surface area contributed by atoms with Crippen molar-refractivity contribution in [2.24, 2.45) is 5.73 Å². The third-order valence-electron chi connectivity index (χ3n) is 4.90. The molecule has 1 amide bonds. The van der Waals surface area contributed by atoms with Gasteiger partial charge in [0.15, 0.2) is 0 Å². The van der Waals surface area contributed by atoms with E-state index < -0.39 is 10.0 Å². The number of aryl methyl sites for hydroxylation is 1. The van der Waals surface area contributed by atoms with Crippen LogP contribution in [0.15, 0.2) is 23.1 Å². The lowest BCUT2D eigenvalue weighted by molar-refractivity contribution is 0.0925. The molecular weight excluding hydrogens is 374 g/mol. The van der Waals surface area contributed by atoms with Gasteiger partial charge in [-0.25, -0.2) is 8.42 Å². The molecule has 2 rings (SSSR count). The molecule has 148 valence electrons. The summed E-state index contributed by atoms with van der Waals surface area (Å²) in [5.41, 5.74) is 7.09. The first kappa shape index (κ1) is 22.9. The van der Waals surface area contributed by atoms with Gasteiger partial charge in [-0.1, -0.05) is 19.9 Å². The van der Waals surface area contributed by atoms with Crippen LogP contribution < -0.4 is 11.1 Å². The van der Waals surface area contributed by atoms with Gasteiger partial charge in [-0.15, -0.1) is 12.4 Å². The molecule has 0 radical (unpaired) electrons. The summed E-state index contributed by atoms with van der Waals surface area (Å²) in [5.74, 6) is -0.213. The lowest BCUT2D eigenvalue weighted by atomic mass is 9.91. The molecule has 0 unspecified atom stereocenters. The third kappa shape index (κ3) is 5.19. The lowest BCUT2D eigenvalue weighted by Gasteiger charge is -2.27. The van der Waals surface area contributed by atoms with Crippen molar-refractivity contribution >= 4 is 28.3 Å². The summed E-state index contributed by atoms with van der Waals surface area (Å²) in [6.07, 6.45) is 3.54.